The highest BCUT2D eigenvalue weighted by Gasteiger charge is 2.06. The van der Waals surface area contributed by atoms with Crippen LogP contribution in [0, 0.1) is 0 Å². The highest BCUT2D eigenvalue weighted by molar-refractivity contribution is 7.98. The van der Waals surface area contributed by atoms with E-state index in [1.54, 1.807) is 0 Å². The number of hydrogen-bond donors (Lipinski definition) is 2. The fourth-order valence-electron chi connectivity index (χ4n) is 1.90. The molecule has 0 fully saturated rings. The maximum Gasteiger partial charge on any atom is 0.184 e. The second-order valence-electron chi connectivity index (χ2n) is 5.08. The molecule has 0 saturated carbocycles. The number of furan rings is 1. The predicted molar refractivity (Wildman–Crippen MR) is 94.8 cm³/mol. The second kappa shape index (κ2) is 9.02. The van der Waals surface area contributed by atoms with Gasteiger partial charge >= 0.3 is 0 Å². The molecule has 2 N–H and O–H groups in total. The topological polar surface area (TPSA) is 66.2 Å². The third kappa shape index (κ3) is 5.51. The smallest absolute Gasteiger partial charge is 0.184 e. The van der Waals surface area contributed by atoms with Crippen LogP contribution in [0.2, 0.25) is 0 Å². The van der Waals surface area contributed by atoms with Crippen molar-refractivity contribution in [1.82, 2.24) is 13.6 Å². The average Bonchev–Trinajstić information content (AvgIpc) is 3.08. The van der Waals surface area contributed by atoms with Gasteiger partial charge in [0.2, 0.25) is 0 Å². The number of nitrogens with zero attached hydrogens (tertiary/aromatic N) is 3. The van der Waals surface area contributed by atoms with Gasteiger partial charge in [0.25, 0.3) is 0 Å². The van der Waals surface area contributed by atoms with Crippen molar-refractivity contribution in [1.29, 1.82) is 0 Å². The first kappa shape index (κ1) is 17.1. The Morgan fingerprint density at radius 3 is 2.64 bits per heavy atom. The van der Waals surface area contributed by atoms with Crippen LogP contribution in [0.3, 0.4) is 0 Å². The van der Waals surface area contributed by atoms with E-state index in [1.165, 1.54) is 11.7 Å². The van der Waals surface area contributed by atoms with Crippen molar-refractivity contribution in [3.8, 4) is 0 Å². The maximum absolute atomic E-state index is 5.78. The van der Waals surface area contributed by atoms with E-state index in [0.717, 1.165) is 54.3 Å². The van der Waals surface area contributed by atoms with E-state index in [2.05, 4.69) is 36.4 Å². The van der Waals surface area contributed by atoms with Gasteiger partial charge in [-0.2, -0.15) is 20.5 Å². The summed E-state index contributed by atoms with van der Waals surface area (Å²) < 4.78 is 14.2. The molecule has 0 saturated heterocycles. The Labute approximate surface area is 140 Å². The summed E-state index contributed by atoms with van der Waals surface area (Å²) in [7, 11) is 4.08. The normalized spacial score (nSPS) is 11.1. The standard InChI is InChI=1S/C14H23N5OS2/c1-4-15-13-14(18-22-17-13)16-7-8-21-10-12-6-5-11(20-12)9-19(2)3/h5-6H,4,7-10H2,1-3H3,(H,15,17)(H,16,18). The van der Waals surface area contributed by atoms with Gasteiger partial charge in [-0.25, -0.2) is 0 Å². The maximum atomic E-state index is 5.78. The molecule has 0 aromatic carbocycles. The molecule has 22 heavy (non-hydrogen) atoms. The van der Waals surface area contributed by atoms with Gasteiger partial charge in [-0.1, -0.05) is 0 Å². The molecule has 122 valence electrons. The van der Waals surface area contributed by atoms with Crippen LogP contribution in [-0.2, 0) is 12.3 Å². The first-order chi connectivity index (χ1) is 10.7. The number of nitrogens with one attached hydrogen (secondary N) is 2. The molecule has 2 aromatic heterocycles. The summed E-state index contributed by atoms with van der Waals surface area (Å²) in [5.41, 5.74) is 0. The van der Waals surface area contributed by atoms with E-state index >= 15 is 0 Å². The lowest BCUT2D eigenvalue weighted by atomic mass is 10.4. The fourth-order valence-corrected chi connectivity index (χ4v) is 3.15. The Bertz CT molecular complexity index is 555. The van der Waals surface area contributed by atoms with E-state index in [1.807, 2.05) is 32.8 Å². The molecule has 0 unspecified atom stereocenters. The van der Waals surface area contributed by atoms with Gasteiger partial charge in [0.1, 0.15) is 11.5 Å². The molecule has 6 nitrogen and oxygen atoms in total. The van der Waals surface area contributed by atoms with Crippen LogP contribution < -0.4 is 10.6 Å². The van der Waals surface area contributed by atoms with Crippen molar-refractivity contribution in [3.05, 3.63) is 23.7 Å². The molecule has 0 aliphatic heterocycles. The van der Waals surface area contributed by atoms with E-state index in [4.69, 9.17) is 4.42 Å². The number of hydrogen-bond acceptors (Lipinski definition) is 8. The number of rotatable bonds is 10. The summed E-state index contributed by atoms with van der Waals surface area (Å²) in [5, 5.41) is 6.50. The van der Waals surface area contributed by atoms with Crippen molar-refractivity contribution >= 4 is 35.1 Å². The largest absolute Gasteiger partial charge is 0.464 e. The Balaban J connectivity index is 1.64. The summed E-state index contributed by atoms with van der Waals surface area (Å²) >= 11 is 3.07. The molecule has 8 heteroatoms. The van der Waals surface area contributed by atoms with Crippen molar-refractivity contribution in [2.24, 2.45) is 0 Å². The van der Waals surface area contributed by atoms with Crippen molar-refractivity contribution < 1.29 is 4.42 Å². The van der Waals surface area contributed by atoms with Gasteiger partial charge in [0.05, 0.1) is 24.0 Å². The lowest BCUT2D eigenvalue weighted by molar-refractivity contribution is 0.344. The van der Waals surface area contributed by atoms with E-state index < -0.39 is 0 Å². The van der Waals surface area contributed by atoms with Crippen LogP contribution in [0.15, 0.2) is 16.5 Å². The number of aromatic nitrogens is 2. The van der Waals surface area contributed by atoms with Crippen LogP contribution in [-0.4, -0.2) is 46.6 Å². The second-order valence-corrected chi connectivity index (χ2v) is 6.71. The molecule has 2 rings (SSSR count). The van der Waals surface area contributed by atoms with E-state index in [-0.39, 0.29) is 0 Å². The fraction of sp³-hybridized carbons (Fsp3) is 0.571. The molecule has 0 amide bonds. The Morgan fingerprint density at radius 2 is 1.91 bits per heavy atom. The van der Waals surface area contributed by atoms with Gasteiger partial charge in [-0.15, -0.1) is 0 Å². The highest BCUT2D eigenvalue weighted by Crippen LogP contribution is 2.19. The molecule has 0 spiro atoms. The zero-order chi connectivity index (χ0) is 15.8. The monoisotopic (exact) mass is 341 g/mol. The number of thioether (sulfide) groups is 1. The molecule has 0 radical (unpaired) electrons. The molecular weight excluding hydrogens is 318 g/mol. The van der Waals surface area contributed by atoms with Crippen LogP contribution >= 0.6 is 23.5 Å². The minimum absolute atomic E-state index is 0.844. The SMILES string of the molecule is CCNc1nsnc1NCCSCc1ccc(CN(C)C)o1. The van der Waals surface area contributed by atoms with Crippen LogP contribution in [0.5, 0.6) is 0 Å². The molecule has 0 aliphatic carbocycles. The first-order valence-corrected chi connectivity index (χ1v) is 9.18. The summed E-state index contributed by atoms with van der Waals surface area (Å²) in [6, 6.07) is 4.12. The van der Waals surface area contributed by atoms with E-state index in [0.29, 0.717) is 0 Å². The van der Waals surface area contributed by atoms with Gasteiger partial charge < -0.3 is 20.0 Å². The van der Waals surface area contributed by atoms with Crippen molar-refractivity contribution in [3.63, 3.8) is 0 Å². The summed E-state index contributed by atoms with van der Waals surface area (Å²) in [5.74, 6) is 5.63. The third-order valence-corrected chi connectivity index (χ3v) is 4.32. The lowest BCUT2D eigenvalue weighted by Gasteiger charge is -2.06. The molecule has 2 heterocycles. The lowest BCUT2D eigenvalue weighted by Crippen LogP contribution is -2.09. The van der Waals surface area contributed by atoms with Crippen molar-refractivity contribution in [2.45, 2.75) is 19.2 Å². The average molecular weight is 342 g/mol. The molecule has 0 bridgehead atoms. The Morgan fingerprint density at radius 1 is 1.18 bits per heavy atom. The summed E-state index contributed by atoms with van der Waals surface area (Å²) in [6.45, 7) is 4.60. The zero-order valence-corrected chi connectivity index (χ0v) is 14.9. The van der Waals surface area contributed by atoms with Crippen molar-refractivity contribution in [2.75, 3.05) is 43.6 Å². The third-order valence-electron chi connectivity index (χ3n) is 2.81. The van der Waals surface area contributed by atoms with Gasteiger partial charge in [0, 0.05) is 18.8 Å². The van der Waals surface area contributed by atoms with Crippen LogP contribution in [0.1, 0.15) is 18.4 Å². The van der Waals surface area contributed by atoms with Crippen LogP contribution in [0.4, 0.5) is 11.6 Å². The van der Waals surface area contributed by atoms with E-state index in [9.17, 15) is 0 Å². The summed E-state index contributed by atoms with van der Waals surface area (Å²) in [4.78, 5) is 2.10. The predicted octanol–water partition coefficient (Wildman–Crippen LogP) is 2.97. The molecular formula is C14H23N5OS2. The van der Waals surface area contributed by atoms with Gasteiger partial charge in [0.15, 0.2) is 11.6 Å². The van der Waals surface area contributed by atoms with Crippen LogP contribution in [0.25, 0.3) is 0 Å². The first-order valence-electron chi connectivity index (χ1n) is 7.29. The number of anilines is 2. The molecule has 2 aromatic rings. The van der Waals surface area contributed by atoms with Gasteiger partial charge in [-0.3, -0.25) is 0 Å². The zero-order valence-electron chi connectivity index (χ0n) is 13.3. The minimum atomic E-state index is 0.844. The minimum Gasteiger partial charge on any atom is -0.464 e. The Hall–Kier alpha value is -1.25. The quantitative estimate of drug-likeness (QED) is 0.644. The van der Waals surface area contributed by atoms with Gasteiger partial charge in [-0.05, 0) is 33.2 Å². The summed E-state index contributed by atoms with van der Waals surface area (Å²) in [6.07, 6.45) is 0. The molecule has 0 aliphatic rings. The molecule has 0 atom stereocenters. The Kier molecular flexibility index (Phi) is 7.01. The highest BCUT2D eigenvalue weighted by atomic mass is 32.2.